The average molecular weight is 356 g/mol. The molecule has 2 aliphatic rings. The molecule has 4 rings (SSSR count). The Morgan fingerprint density at radius 2 is 2.20 bits per heavy atom. The Labute approximate surface area is 151 Å². The van der Waals surface area contributed by atoms with Crippen LogP contribution in [0.3, 0.4) is 0 Å². The van der Waals surface area contributed by atoms with E-state index >= 15 is 0 Å². The summed E-state index contributed by atoms with van der Waals surface area (Å²) in [6, 6.07) is 7.70. The van der Waals surface area contributed by atoms with Gasteiger partial charge < -0.3 is 9.47 Å². The number of aryl methyl sites for hydroxylation is 1. The number of nitrogens with zero attached hydrogens (tertiary/aromatic N) is 1. The van der Waals surface area contributed by atoms with Crippen LogP contribution in [0.25, 0.3) is 0 Å². The molecule has 0 spiro atoms. The summed E-state index contributed by atoms with van der Waals surface area (Å²) < 4.78 is 11.6. The lowest BCUT2D eigenvalue weighted by molar-refractivity contribution is -0.139. The Hall–Kier alpha value is -2.33. The second-order valence-electron chi connectivity index (χ2n) is 6.54. The molecule has 1 saturated heterocycles. The van der Waals surface area contributed by atoms with E-state index in [9.17, 15) is 4.79 Å². The predicted molar refractivity (Wildman–Crippen MR) is 94.5 cm³/mol. The molecule has 2 aromatic rings. The summed E-state index contributed by atoms with van der Waals surface area (Å²) in [5, 5.41) is 0.461. The van der Waals surface area contributed by atoms with Crippen molar-refractivity contribution < 1.29 is 14.3 Å². The third kappa shape index (κ3) is 2.81. The Morgan fingerprint density at radius 1 is 1.36 bits per heavy atom. The second-order valence-corrected chi connectivity index (χ2v) is 6.92. The molecule has 0 radical (unpaired) electrons. The SMILES string of the molecule is C=C1C(=O)O[C@H]2c3c(ccc(OCc4ccc(Cl)nc4)c3C)CCC12. The van der Waals surface area contributed by atoms with Crippen LogP contribution in [-0.4, -0.2) is 11.0 Å². The van der Waals surface area contributed by atoms with Crippen LogP contribution in [-0.2, 0) is 22.6 Å². The number of fused-ring (bicyclic) bond motifs is 3. The van der Waals surface area contributed by atoms with Crippen LogP contribution < -0.4 is 4.74 Å². The first-order chi connectivity index (χ1) is 12.0. The molecule has 1 aromatic carbocycles. The molecule has 0 N–H and O–H groups in total. The molecular formula is C20H18ClNO3. The van der Waals surface area contributed by atoms with Gasteiger partial charge in [0.2, 0.25) is 0 Å². The first-order valence-corrected chi connectivity index (χ1v) is 8.68. The van der Waals surface area contributed by atoms with Crippen molar-refractivity contribution in [2.45, 2.75) is 32.5 Å². The summed E-state index contributed by atoms with van der Waals surface area (Å²) in [5.41, 5.74) is 4.86. The highest BCUT2D eigenvalue weighted by Crippen LogP contribution is 2.48. The van der Waals surface area contributed by atoms with Gasteiger partial charge in [0.1, 0.15) is 23.6 Å². The van der Waals surface area contributed by atoms with Crippen molar-refractivity contribution in [2.24, 2.45) is 5.92 Å². The van der Waals surface area contributed by atoms with E-state index in [1.165, 1.54) is 5.56 Å². The van der Waals surface area contributed by atoms with Gasteiger partial charge in [0.15, 0.2) is 0 Å². The zero-order chi connectivity index (χ0) is 17.6. The van der Waals surface area contributed by atoms with Gasteiger partial charge in [-0.05, 0) is 43.0 Å². The maximum absolute atomic E-state index is 11.9. The molecule has 2 heterocycles. The van der Waals surface area contributed by atoms with Gasteiger partial charge in [0.05, 0.1) is 0 Å². The van der Waals surface area contributed by atoms with Crippen molar-refractivity contribution in [3.63, 3.8) is 0 Å². The van der Waals surface area contributed by atoms with E-state index in [0.29, 0.717) is 17.3 Å². The van der Waals surface area contributed by atoms with Crippen molar-refractivity contribution in [1.29, 1.82) is 0 Å². The topological polar surface area (TPSA) is 48.4 Å². The lowest BCUT2D eigenvalue weighted by atomic mass is 9.78. The molecule has 1 aliphatic heterocycles. The van der Waals surface area contributed by atoms with E-state index in [2.05, 4.69) is 17.6 Å². The quantitative estimate of drug-likeness (QED) is 0.467. The van der Waals surface area contributed by atoms with Crippen molar-refractivity contribution in [3.8, 4) is 5.75 Å². The van der Waals surface area contributed by atoms with Gasteiger partial charge >= 0.3 is 5.97 Å². The summed E-state index contributed by atoms with van der Waals surface area (Å²) in [5.74, 6) is 0.595. The number of pyridine rings is 1. The highest BCUT2D eigenvalue weighted by Gasteiger charge is 2.43. The lowest BCUT2D eigenvalue weighted by Crippen LogP contribution is -2.19. The third-order valence-corrected chi connectivity index (χ3v) is 5.28. The average Bonchev–Trinajstić information content (AvgIpc) is 2.90. The molecule has 0 amide bonds. The highest BCUT2D eigenvalue weighted by atomic mass is 35.5. The Balaban J connectivity index is 1.61. The zero-order valence-electron chi connectivity index (χ0n) is 13.9. The summed E-state index contributed by atoms with van der Waals surface area (Å²) in [6.45, 7) is 6.33. The molecule has 0 bridgehead atoms. The minimum Gasteiger partial charge on any atom is -0.489 e. The Bertz CT molecular complexity index is 860. The normalized spacial score (nSPS) is 21.5. The van der Waals surface area contributed by atoms with Crippen molar-refractivity contribution in [3.05, 3.63) is 70.0 Å². The monoisotopic (exact) mass is 355 g/mol. The molecular weight excluding hydrogens is 338 g/mol. The molecule has 1 aliphatic carbocycles. The third-order valence-electron chi connectivity index (χ3n) is 5.06. The second kappa shape index (κ2) is 6.19. The predicted octanol–water partition coefficient (Wildman–Crippen LogP) is 4.34. The number of hydrogen-bond acceptors (Lipinski definition) is 4. The van der Waals surface area contributed by atoms with E-state index in [0.717, 1.165) is 35.3 Å². The fourth-order valence-electron chi connectivity index (χ4n) is 3.69. The van der Waals surface area contributed by atoms with Crippen molar-refractivity contribution in [2.75, 3.05) is 0 Å². The number of halogens is 1. The summed E-state index contributed by atoms with van der Waals surface area (Å²) in [4.78, 5) is 16.0. The molecule has 0 saturated carbocycles. The van der Waals surface area contributed by atoms with Crippen LogP contribution in [0.5, 0.6) is 5.75 Å². The van der Waals surface area contributed by atoms with E-state index in [-0.39, 0.29) is 18.0 Å². The number of ether oxygens (including phenoxy) is 2. The van der Waals surface area contributed by atoms with Gasteiger partial charge in [0, 0.05) is 28.8 Å². The van der Waals surface area contributed by atoms with Crippen LogP contribution in [0.15, 0.2) is 42.6 Å². The van der Waals surface area contributed by atoms with E-state index in [1.807, 2.05) is 19.1 Å². The molecule has 1 fully saturated rings. The molecule has 5 heteroatoms. The largest absolute Gasteiger partial charge is 0.489 e. The van der Waals surface area contributed by atoms with Crippen LogP contribution in [0.4, 0.5) is 0 Å². The van der Waals surface area contributed by atoms with Gasteiger partial charge in [-0.25, -0.2) is 9.78 Å². The summed E-state index contributed by atoms with van der Waals surface area (Å²) in [7, 11) is 0. The van der Waals surface area contributed by atoms with E-state index in [1.54, 1.807) is 12.3 Å². The first kappa shape index (κ1) is 16.2. The minimum atomic E-state index is -0.277. The standard InChI is InChI=1S/C20H18ClNO3/c1-11-15-6-4-14-5-7-16(12(2)18(14)19(15)25-20(11)23)24-10-13-3-8-17(21)22-9-13/h3,5,7-9,15,19H,1,4,6,10H2,2H3/t15?,19-/m1/s1. The summed E-state index contributed by atoms with van der Waals surface area (Å²) in [6.07, 6.45) is 3.30. The highest BCUT2D eigenvalue weighted by molar-refractivity contribution is 6.29. The van der Waals surface area contributed by atoms with Crippen LogP contribution >= 0.6 is 11.6 Å². The first-order valence-electron chi connectivity index (χ1n) is 8.30. The van der Waals surface area contributed by atoms with Gasteiger partial charge in [-0.15, -0.1) is 0 Å². The molecule has 1 aromatic heterocycles. The van der Waals surface area contributed by atoms with Crippen molar-refractivity contribution in [1.82, 2.24) is 4.98 Å². The van der Waals surface area contributed by atoms with Gasteiger partial charge in [-0.3, -0.25) is 0 Å². The van der Waals surface area contributed by atoms with Crippen LogP contribution in [0, 0.1) is 12.8 Å². The van der Waals surface area contributed by atoms with Gasteiger partial charge in [-0.2, -0.15) is 0 Å². The molecule has 4 nitrogen and oxygen atoms in total. The minimum absolute atomic E-state index is 0.0782. The van der Waals surface area contributed by atoms with Crippen LogP contribution in [0.1, 0.15) is 34.8 Å². The lowest BCUT2D eigenvalue weighted by Gasteiger charge is -2.29. The van der Waals surface area contributed by atoms with E-state index < -0.39 is 0 Å². The Kier molecular flexibility index (Phi) is 4.00. The van der Waals surface area contributed by atoms with Gasteiger partial charge in [-0.1, -0.05) is 30.3 Å². The number of aromatic nitrogens is 1. The Morgan fingerprint density at radius 3 is 2.96 bits per heavy atom. The number of rotatable bonds is 3. The number of carbonyl (C=O) groups excluding carboxylic acids is 1. The number of benzene rings is 1. The number of esters is 1. The maximum atomic E-state index is 11.9. The number of carbonyl (C=O) groups is 1. The maximum Gasteiger partial charge on any atom is 0.334 e. The molecule has 128 valence electrons. The zero-order valence-corrected chi connectivity index (χ0v) is 14.7. The number of hydrogen-bond donors (Lipinski definition) is 0. The van der Waals surface area contributed by atoms with Crippen LogP contribution in [0.2, 0.25) is 5.15 Å². The molecule has 2 atom stereocenters. The fraction of sp³-hybridized carbons (Fsp3) is 0.300. The van der Waals surface area contributed by atoms with Crippen molar-refractivity contribution >= 4 is 17.6 Å². The smallest absolute Gasteiger partial charge is 0.334 e. The molecule has 25 heavy (non-hydrogen) atoms. The molecule has 1 unspecified atom stereocenters. The summed E-state index contributed by atoms with van der Waals surface area (Å²) >= 11 is 5.81. The van der Waals surface area contributed by atoms with E-state index in [4.69, 9.17) is 21.1 Å². The van der Waals surface area contributed by atoms with Gasteiger partial charge in [0.25, 0.3) is 0 Å². The fourth-order valence-corrected chi connectivity index (χ4v) is 3.80.